The van der Waals surface area contributed by atoms with Gasteiger partial charge in [-0.25, -0.2) is 0 Å². The molecule has 2 aromatic carbocycles. The number of alkyl halides is 3. The zero-order valence-electron chi connectivity index (χ0n) is 13.7. The van der Waals surface area contributed by atoms with Crippen LogP contribution in [0.2, 0.25) is 0 Å². The van der Waals surface area contributed by atoms with Gasteiger partial charge < -0.3 is 10.6 Å². The summed E-state index contributed by atoms with van der Waals surface area (Å²) >= 11 is 0. The Morgan fingerprint density at radius 3 is 2.32 bits per heavy atom. The number of hydrogen-bond acceptors (Lipinski definition) is 2. The molecule has 0 atom stereocenters. The molecule has 7 heteroatoms. The van der Waals surface area contributed by atoms with Gasteiger partial charge in [0.1, 0.15) is 0 Å². The van der Waals surface area contributed by atoms with E-state index in [9.17, 15) is 22.8 Å². The molecule has 0 aliphatic carbocycles. The Labute approximate surface area is 143 Å². The van der Waals surface area contributed by atoms with Gasteiger partial charge in [0.05, 0.1) is 0 Å². The van der Waals surface area contributed by atoms with Crippen molar-refractivity contribution in [3.05, 3.63) is 64.7 Å². The van der Waals surface area contributed by atoms with Crippen molar-refractivity contribution in [2.45, 2.75) is 26.6 Å². The van der Waals surface area contributed by atoms with Crippen LogP contribution < -0.4 is 10.6 Å². The fourth-order valence-corrected chi connectivity index (χ4v) is 2.15. The Morgan fingerprint density at radius 1 is 1.00 bits per heavy atom. The first-order chi connectivity index (χ1) is 11.7. The second-order valence-corrected chi connectivity index (χ2v) is 5.59. The maximum absolute atomic E-state index is 12.4. The number of benzene rings is 2. The molecule has 0 bridgehead atoms. The number of hydrogen-bond donors (Lipinski definition) is 2. The van der Waals surface area contributed by atoms with E-state index < -0.39 is 12.1 Å². The minimum absolute atomic E-state index is 0.00483. The molecule has 2 aromatic rings. The maximum atomic E-state index is 12.4. The number of amides is 2. The van der Waals surface area contributed by atoms with Crippen molar-refractivity contribution in [2.24, 2.45) is 0 Å². The summed E-state index contributed by atoms with van der Waals surface area (Å²) in [6.07, 6.45) is -4.98. The largest absolute Gasteiger partial charge is 0.471 e. The van der Waals surface area contributed by atoms with E-state index in [-0.39, 0.29) is 18.1 Å². The van der Waals surface area contributed by atoms with Gasteiger partial charge in [-0.3, -0.25) is 9.59 Å². The van der Waals surface area contributed by atoms with E-state index in [0.717, 1.165) is 11.1 Å². The number of anilines is 1. The van der Waals surface area contributed by atoms with Crippen LogP contribution in [-0.2, 0) is 11.3 Å². The molecule has 0 unspecified atom stereocenters. The minimum Gasteiger partial charge on any atom is -0.348 e. The molecule has 0 saturated carbocycles. The highest BCUT2D eigenvalue weighted by Gasteiger charge is 2.38. The van der Waals surface area contributed by atoms with Gasteiger partial charge in [0.25, 0.3) is 5.91 Å². The van der Waals surface area contributed by atoms with Gasteiger partial charge in [0, 0.05) is 17.8 Å². The summed E-state index contributed by atoms with van der Waals surface area (Å²) in [4.78, 5) is 23.3. The van der Waals surface area contributed by atoms with Gasteiger partial charge in [0.15, 0.2) is 0 Å². The number of carbonyl (C=O) groups is 2. The van der Waals surface area contributed by atoms with Crippen LogP contribution in [0, 0.1) is 13.8 Å². The van der Waals surface area contributed by atoms with E-state index in [1.54, 1.807) is 18.2 Å². The molecule has 0 radical (unpaired) electrons. The van der Waals surface area contributed by atoms with E-state index >= 15 is 0 Å². The quantitative estimate of drug-likeness (QED) is 0.883. The van der Waals surface area contributed by atoms with Crippen molar-refractivity contribution in [3.63, 3.8) is 0 Å². The maximum Gasteiger partial charge on any atom is 0.471 e. The summed E-state index contributed by atoms with van der Waals surface area (Å²) in [5, 5.41) is 4.46. The first kappa shape index (κ1) is 18.5. The van der Waals surface area contributed by atoms with E-state index in [1.165, 1.54) is 18.2 Å². The van der Waals surface area contributed by atoms with Crippen molar-refractivity contribution < 1.29 is 22.8 Å². The molecule has 25 heavy (non-hydrogen) atoms. The van der Waals surface area contributed by atoms with Gasteiger partial charge in [-0.05, 0) is 48.7 Å². The Hall–Kier alpha value is -2.83. The molecule has 2 amide bonds. The minimum atomic E-state index is -4.98. The van der Waals surface area contributed by atoms with Gasteiger partial charge >= 0.3 is 12.1 Å². The standard InChI is InChI=1S/C18H17F3N2O2/c1-11-7-8-13(9-12(11)2)16(24)22-10-14-5-3-4-6-15(14)23-17(25)18(19,20)21/h3-9H,10H2,1-2H3,(H,22,24)(H,23,25). The molecule has 2 N–H and O–H groups in total. The first-order valence-electron chi connectivity index (χ1n) is 7.50. The third-order valence-corrected chi connectivity index (χ3v) is 3.73. The number of nitrogens with one attached hydrogen (secondary N) is 2. The molecule has 4 nitrogen and oxygen atoms in total. The zero-order chi connectivity index (χ0) is 18.6. The molecule has 0 aliphatic heterocycles. The van der Waals surface area contributed by atoms with Crippen molar-refractivity contribution >= 4 is 17.5 Å². The average molecular weight is 350 g/mol. The number of carbonyl (C=O) groups excluding carboxylic acids is 2. The molecule has 132 valence electrons. The number of rotatable bonds is 4. The highest BCUT2D eigenvalue weighted by molar-refractivity contribution is 5.96. The van der Waals surface area contributed by atoms with E-state index in [0.29, 0.717) is 11.1 Å². The molecule has 0 fully saturated rings. The lowest BCUT2D eigenvalue weighted by Gasteiger charge is -2.13. The third kappa shape index (κ3) is 4.82. The summed E-state index contributed by atoms with van der Waals surface area (Å²) in [6.45, 7) is 3.80. The smallest absolute Gasteiger partial charge is 0.348 e. The first-order valence-corrected chi connectivity index (χ1v) is 7.50. The van der Waals surface area contributed by atoms with Gasteiger partial charge in [-0.15, -0.1) is 0 Å². The Bertz CT molecular complexity index is 801. The van der Waals surface area contributed by atoms with Gasteiger partial charge in [0.2, 0.25) is 0 Å². The average Bonchev–Trinajstić information content (AvgIpc) is 2.55. The van der Waals surface area contributed by atoms with E-state index in [1.807, 2.05) is 25.2 Å². The predicted molar refractivity (Wildman–Crippen MR) is 88.2 cm³/mol. The van der Waals surface area contributed by atoms with Crippen LogP contribution in [0.25, 0.3) is 0 Å². The zero-order valence-corrected chi connectivity index (χ0v) is 13.7. The monoisotopic (exact) mass is 350 g/mol. The summed E-state index contributed by atoms with van der Waals surface area (Å²) in [6, 6.07) is 11.2. The predicted octanol–water partition coefficient (Wildman–Crippen LogP) is 3.73. The second-order valence-electron chi connectivity index (χ2n) is 5.59. The fourth-order valence-electron chi connectivity index (χ4n) is 2.15. The van der Waals surface area contributed by atoms with Crippen LogP contribution in [0.5, 0.6) is 0 Å². The van der Waals surface area contributed by atoms with Crippen molar-refractivity contribution in [1.82, 2.24) is 5.32 Å². The van der Waals surface area contributed by atoms with Crippen LogP contribution >= 0.6 is 0 Å². The van der Waals surface area contributed by atoms with Gasteiger partial charge in [-0.1, -0.05) is 24.3 Å². The molecule has 0 heterocycles. The lowest BCUT2D eigenvalue weighted by molar-refractivity contribution is -0.167. The topological polar surface area (TPSA) is 58.2 Å². The molecule has 0 aliphatic rings. The number of halogens is 3. The highest BCUT2D eigenvalue weighted by Crippen LogP contribution is 2.21. The lowest BCUT2D eigenvalue weighted by atomic mass is 10.1. The molecule has 0 spiro atoms. The normalized spacial score (nSPS) is 11.1. The molecular weight excluding hydrogens is 333 g/mol. The van der Waals surface area contributed by atoms with Crippen molar-refractivity contribution in [3.8, 4) is 0 Å². The summed E-state index contributed by atoms with van der Waals surface area (Å²) in [7, 11) is 0. The second kappa shape index (κ2) is 7.38. The van der Waals surface area contributed by atoms with E-state index in [4.69, 9.17) is 0 Å². The van der Waals surface area contributed by atoms with Crippen molar-refractivity contribution in [1.29, 1.82) is 0 Å². The third-order valence-electron chi connectivity index (χ3n) is 3.73. The number of para-hydroxylation sites is 1. The molecule has 2 rings (SSSR count). The molecule has 0 aromatic heterocycles. The van der Waals surface area contributed by atoms with Crippen LogP contribution in [0.3, 0.4) is 0 Å². The van der Waals surface area contributed by atoms with Crippen LogP contribution in [0.15, 0.2) is 42.5 Å². The van der Waals surface area contributed by atoms with Crippen LogP contribution in [-0.4, -0.2) is 18.0 Å². The van der Waals surface area contributed by atoms with E-state index in [2.05, 4.69) is 5.32 Å². The SMILES string of the molecule is Cc1ccc(C(=O)NCc2ccccc2NC(=O)C(F)(F)F)cc1C. The summed E-state index contributed by atoms with van der Waals surface area (Å²) in [5.74, 6) is -2.40. The van der Waals surface area contributed by atoms with Crippen molar-refractivity contribution in [2.75, 3.05) is 5.32 Å². The lowest BCUT2D eigenvalue weighted by Crippen LogP contribution is -2.31. The highest BCUT2D eigenvalue weighted by atomic mass is 19.4. The van der Waals surface area contributed by atoms with Crippen LogP contribution in [0.1, 0.15) is 27.0 Å². The summed E-state index contributed by atoms with van der Waals surface area (Å²) in [5.41, 5.74) is 2.85. The number of aryl methyl sites for hydroxylation is 2. The Kier molecular flexibility index (Phi) is 5.46. The van der Waals surface area contributed by atoms with Crippen LogP contribution in [0.4, 0.5) is 18.9 Å². The molecule has 0 saturated heterocycles. The molecular formula is C18H17F3N2O2. The Balaban J connectivity index is 2.09. The Morgan fingerprint density at radius 2 is 1.68 bits per heavy atom. The van der Waals surface area contributed by atoms with Gasteiger partial charge in [-0.2, -0.15) is 13.2 Å². The summed E-state index contributed by atoms with van der Waals surface area (Å²) < 4.78 is 37.2. The fraction of sp³-hybridized carbons (Fsp3) is 0.222.